The van der Waals surface area contributed by atoms with Crippen molar-refractivity contribution in [3.05, 3.63) is 90.0 Å². The van der Waals surface area contributed by atoms with Crippen molar-refractivity contribution in [2.24, 2.45) is 4.99 Å². The van der Waals surface area contributed by atoms with Crippen LogP contribution in [0.3, 0.4) is 0 Å². The van der Waals surface area contributed by atoms with E-state index in [2.05, 4.69) is 32.0 Å². The Kier molecular flexibility index (Phi) is 45.3. The van der Waals surface area contributed by atoms with Crippen LogP contribution in [0.5, 0.6) is 0 Å². The number of aliphatic imine (C=N–C) groups is 1. The maximum atomic E-state index is 9.93. The maximum absolute atomic E-state index is 9.93. The Labute approximate surface area is 425 Å². The Hall–Kier alpha value is -0.896. The molecule has 0 spiro atoms. The van der Waals surface area contributed by atoms with Gasteiger partial charge in [0.1, 0.15) is 18.0 Å². The number of carbonyl (C=O) groups is 1. The van der Waals surface area contributed by atoms with E-state index in [9.17, 15) is 4.79 Å². The number of hydrogen-bond donors (Lipinski definition) is 5. The third-order valence-corrected chi connectivity index (χ3v) is 5.37. The van der Waals surface area contributed by atoms with Crippen molar-refractivity contribution >= 4 is 192 Å². The summed E-state index contributed by atoms with van der Waals surface area (Å²) in [5.74, 6) is 1.71. The number of rotatable bonds is 5. The smallest absolute Gasteiger partial charge is 1.00 e. The van der Waals surface area contributed by atoms with E-state index >= 15 is 0 Å². The average Bonchev–Trinajstić information content (AvgIpc) is 2.99. The summed E-state index contributed by atoms with van der Waals surface area (Å²) in [6.45, 7) is 11.6. The Morgan fingerprint density at radius 1 is 0.796 bits per heavy atom. The molecule has 0 radical (unpaired) electrons. The fourth-order valence-corrected chi connectivity index (χ4v) is 3.48. The first-order valence-corrected chi connectivity index (χ1v) is 13.9. The standard InChI is InChI=1S/2C11H13N3.C7H6N2.C4H9NO.3CH4.3Ba.6H/c1-2-13-11-7-9(12)8-5-3-4-6-10(8)14-11;1-3-13-9(2)14-11-7-5-4-6-10(11)8-12;8-5-6-3-1-2-4-7(6)9;1-3-5-4(2)6;;;;;;;;;;;;/h3-7H,2H2,1H3,(H3,12,13,14);4-7H,3H2,1-2H3,(H,13,14);1-4H,9H2;3H2,1-2H3,(H,5,6);3*1H4;;;;;;;;;/q;;;;;;;3*+2;6*-1. The summed E-state index contributed by atoms with van der Waals surface area (Å²) in [7, 11) is 0. The first-order chi connectivity index (χ1) is 20.7. The van der Waals surface area contributed by atoms with Gasteiger partial charge in [0.05, 0.1) is 28.2 Å². The molecule has 1 amide bonds. The van der Waals surface area contributed by atoms with Crippen LogP contribution in [-0.4, -0.2) is 183 Å². The van der Waals surface area contributed by atoms with Crippen molar-refractivity contribution in [1.82, 2.24) is 10.3 Å². The summed E-state index contributed by atoms with van der Waals surface area (Å²) in [4.78, 5) is 18.6. The van der Waals surface area contributed by atoms with E-state index < -0.39 is 0 Å². The van der Waals surface area contributed by atoms with Gasteiger partial charge in [0, 0.05) is 49.4 Å². The molecule has 0 aliphatic heterocycles. The number of fused-ring (bicyclic) bond motifs is 1. The van der Waals surface area contributed by atoms with Crippen LogP contribution >= 0.6 is 0 Å². The summed E-state index contributed by atoms with van der Waals surface area (Å²) in [6, 6.07) is 28.2. The number of anilines is 4. The number of benzene rings is 3. The van der Waals surface area contributed by atoms with Crippen molar-refractivity contribution in [3.8, 4) is 12.1 Å². The molecule has 0 bridgehead atoms. The zero-order valence-electron chi connectivity index (χ0n) is 33.6. The van der Waals surface area contributed by atoms with Crippen LogP contribution in [0.15, 0.2) is 83.9 Å². The van der Waals surface area contributed by atoms with Crippen molar-refractivity contribution < 1.29 is 13.4 Å². The third kappa shape index (κ3) is 25.7. The second kappa shape index (κ2) is 36.9. The number of carbonyl (C=O) groups excluding carboxylic acids is 1. The van der Waals surface area contributed by atoms with E-state index in [1.165, 1.54) is 6.92 Å². The van der Waals surface area contributed by atoms with Gasteiger partial charge in [0.2, 0.25) is 5.91 Å². The maximum Gasteiger partial charge on any atom is 2.00 e. The van der Waals surface area contributed by atoms with Crippen LogP contribution in [0.4, 0.5) is 22.9 Å². The number of nitrogens with zero attached hydrogens (tertiary/aromatic N) is 4. The van der Waals surface area contributed by atoms with E-state index in [4.69, 9.17) is 22.0 Å². The van der Waals surface area contributed by atoms with Gasteiger partial charge in [-0.15, -0.1) is 0 Å². The number of hydrogen-bond acceptors (Lipinski definition) is 8. The number of amides is 1. The molecular weight excluding hydrogens is 986 g/mol. The number of nitriles is 2. The number of nitrogen functional groups attached to an aromatic ring is 2. The van der Waals surface area contributed by atoms with Crippen molar-refractivity contribution in [2.45, 2.75) is 56.9 Å². The topological polar surface area (TPSA) is 178 Å². The fraction of sp³-hybridized carbons (Fsp3) is 0.306. The number of nitrogens with one attached hydrogen (secondary N) is 3. The Morgan fingerprint density at radius 2 is 1.33 bits per heavy atom. The van der Waals surface area contributed by atoms with Gasteiger partial charge in [-0.1, -0.05) is 64.7 Å². The molecule has 49 heavy (non-hydrogen) atoms. The van der Waals surface area contributed by atoms with Gasteiger partial charge in [-0.25, -0.2) is 4.98 Å². The molecule has 3 aromatic carbocycles. The fourth-order valence-electron chi connectivity index (χ4n) is 3.48. The molecule has 10 nitrogen and oxygen atoms in total. The van der Waals surface area contributed by atoms with Gasteiger partial charge in [-0.2, -0.15) is 10.5 Å². The summed E-state index contributed by atoms with van der Waals surface area (Å²) in [6.07, 6.45) is 0. The van der Waals surface area contributed by atoms with Gasteiger partial charge < -0.3 is 36.0 Å². The Morgan fingerprint density at radius 3 is 1.80 bits per heavy atom. The largest absolute Gasteiger partial charge is 2.00 e. The monoisotopic (exact) mass is 1050 g/mol. The predicted octanol–water partition coefficient (Wildman–Crippen LogP) is 7.38. The zero-order valence-corrected chi connectivity index (χ0v) is 40.9. The molecule has 7 N–H and O–H groups in total. The number of para-hydroxylation sites is 3. The molecular formula is C36H59Ba3N9O. The van der Waals surface area contributed by atoms with E-state index in [0.717, 1.165) is 53.6 Å². The van der Waals surface area contributed by atoms with E-state index in [1.54, 1.807) is 30.3 Å². The van der Waals surface area contributed by atoms with E-state index in [-0.39, 0.29) is 183 Å². The quantitative estimate of drug-likeness (QED) is 0.0595. The van der Waals surface area contributed by atoms with Crippen molar-refractivity contribution in [3.63, 3.8) is 0 Å². The molecule has 0 aliphatic carbocycles. The number of amidine groups is 1. The van der Waals surface area contributed by atoms with Gasteiger partial charge in [-0.05, 0) is 58.0 Å². The second-order valence-electron chi connectivity index (χ2n) is 8.77. The predicted molar refractivity (Wildman–Crippen MR) is 223 cm³/mol. The molecule has 0 atom stereocenters. The van der Waals surface area contributed by atoms with Crippen LogP contribution in [0.2, 0.25) is 0 Å². The summed E-state index contributed by atoms with van der Waals surface area (Å²) < 4.78 is 0. The minimum Gasteiger partial charge on any atom is -1.00 e. The zero-order chi connectivity index (χ0) is 32.0. The minimum atomic E-state index is 0. The van der Waals surface area contributed by atoms with Crippen molar-refractivity contribution in [1.29, 1.82) is 10.5 Å². The molecule has 0 saturated heterocycles. The summed E-state index contributed by atoms with van der Waals surface area (Å²) >= 11 is 0. The molecule has 13 heteroatoms. The van der Waals surface area contributed by atoms with Crippen LogP contribution in [0.25, 0.3) is 10.9 Å². The third-order valence-electron chi connectivity index (χ3n) is 5.37. The number of nitrogens with two attached hydrogens (primary N) is 2. The SMILES string of the molecule is C.C.C.CCN=C(C)Nc1ccccc1C#N.CCNC(C)=O.CCNc1cc(N)c2ccccc2n1.N#Cc1ccccc1N.[Ba+2].[Ba+2].[Ba+2].[H-].[H-].[H-].[H-].[H-].[H-]. The molecule has 4 rings (SSSR count). The van der Waals surface area contributed by atoms with Gasteiger partial charge >= 0.3 is 147 Å². The van der Waals surface area contributed by atoms with Gasteiger partial charge in [-0.3, -0.25) is 9.79 Å². The first kappa shape index (κ1) is 60.2. The van der Waals surface area contributed by atoms with Crippen LogP contribution in [0, 0.1) is 22.7 Å². The van der Waals surface area contributed by atoms with Crippen LogP contribution in [-0.2, 0) is 4.79 Å². The first-order valence-electron chi connectivity index (χ1n) is 13.9. The average molecular weight is 1050 g/mol. The molecule has 4 aromatic rings. The molecule has 0 aliphatic rings. The molecule has 1 heterocycles. The molecule has 0 saturated carbocycles. The van der Waals surface area contributed by atoms with Crippen LogP contribution < -0.4 is 27.4 Å². The van der Waals surface area contributed by atoms with Crippen LogP contribution in [0.1, 0.15) is 76.6 Å². The normalized spacial score (nSPS) is 8.51. The molecule has 0 fully saturated rings. The number of pyridine rings is 1. The van der Waals surface area contributed by atoms with Crippen molar-refractivity contribution in [2.75, 3.05) is 41.7 Å². The van der Waals surface area contributed by atoms with E-state index in [0.29, 0.717) is 16.8 Å². The second-order valence-corrected chi connectivity index (χ2v) is 8.77. The molecule has 0 unspecified atom stereocenters. The summed E-state index contributed by atoms with van der Waals surface area (Å²) in [5.41, 5.74) is 15.5. The van der Waals surface area contributed by atoms with E-state index in [1.807, 2.05) is 82.3 Å². The number of aromatic nitrogens is 1. The minimum absolute atomic E-state index is 0. The molecule has 1 aromatic heterocycles. The summed E-state index contributed by atoms with van der Waals surface area (Å²) in [5, 5.41) is 27.0. The Balaban J connectivity index is -0.0000000432. The van der Waals surface area contributed by atoms with Gasteiger partial charge in [0.15, 0.2) is 0 Å². The Bertz CT molecular complexity index is 1600. The molecule has 260 valence electrons. The van der Waals surface area contributed by atoms with Gasteiger partial charge in [0.25, 0.3) is 0 Å².